The summed E-state index contributed by atoms with van der Waals surface area (Å²) in [7, 11) is 1.31. The molecule has 1 heterocycles. The van der Waals surface area contributed by atoms with Crippen molar-refractivity contribution in [1.82, 2.24) is 16.0 Å². The van der Waals surface area contributed by atoms with Crippen LogP contribution in [0.15, 0.2) is 54.6 Å². The summed E-state index contributed by atoms with van der Waals surface area (Å²) in [5.41, 5.74) is 1.18. The molecule has 2 aromatic carbocycles. The molecule has 3 rings (SSSR count). The molecule has 42 heavy (non-hydrogen) atoms. The SMILES string of the molecule is CC(CC1CCNC1=O)NC(=O)CNC=O.CCC(O)(Cc1cccc(Cl)c1)c1ccccc1.CCCC.COC=O. The quantitative estimate of drug-likeness (QED) is 0.263. The van der Waals surface area contributed by atoms with Crippen LogP contribution in [0, 0.1) is 5.92 Å². The van der Waals surface area contributed by atoms with Gasteiger partial charge in [-0.3, -0.25) is 19.2 Å². The number of carbonyl (C=O) groups excluding carboxylic acids is 4. The van der Waals surface area contributed by atoms with E-state index in [0.717, 1.165) is 24.1 Å². The fraction of sp³-hybridized carbons (Fsp3) is 0.500. The van der Waals surface area contributed by atoms with Gasteiger partial charge in [-0.05, 0) is 49.4 Å². The van der Waals surface area contributed by atoms with Crippen molar-refractivity contribution in [3.05, 3.63) is 70.7 Å². The zero-order valence-corrected chi connectivity index (χ0v) is 26.3. The predicted molar refractivity (Wildman–Crippen MR) is 167 cm³/mol. The number of benzene rings is 2. The van der Waals surface area contributed by atoms with E-state index < -0.39 is 5.60 Å². The Kier molecular flexibility index (Phi) is 21.3. The Morgan fingerprint density at radius 1 is 1.14 bits per heavy atom. The van der Waals surface area contributed by atoms with Crippen LogP contribution in [0.5, 0.6) is 0 Å². The Morgan fingerprint density at radius 2 is 1.79 bits per heavy atom. The second-order valence-corrected chi connectivity index (χ2v) is 10.3. The first-order valence-electron chi connectivity index (χ1n) is 14.3. The molecule has 0 bridgehead atoms. The Bertz CT molecular complexity index is 1040. The molecule has 1 aliphatic rings. The van der Waals surface area contributed by atoms with Crippen LogP contribution in [0.4, 0.5) is 0 Å². The van der Waals surface area contributed by atoms with Gasteiger partial charge in [0, 0.05) is 29.9 Å². The molecule has 2 aromatic rings. The third-order valence-corrected chi connectivity index (χ3v) is 6.67. The number of ether oxygens (including phenoxy) is 1. The first kappa shape index (κ1) is 38.6. The summed E-state index contributed by atoms with van der Waals surface area (Å²) in [4.78, 5) is 41.4. The van der Waals surface area contributed by atoms with Gasteiger partial charge in [-0.1, -0.05) is 87.7 Å². The average Bonchev–Trinajstić information content (AvgIpc) is 3.40. The lowest BCUT2D eigenvalue weighted by atomic mass is 9.85. The van der Waals surface area contributed by atoms with Gasteiger partial charge in [-0.25, -0.2) is 0 Å². The maximum absolute atomic E-state index is 11.3. The van der Waals surface area contributed by atoms with Crippen LogP contribution in [0.25, 0.3) is 0 Å². The molecule has 0 spiro atoms. The van der Waals surface area contributed by atoms with Crippen LogP contribution in [-0.2, 0) is 35.9 Å². The molecule has 0 aromatic heterocycles. The lowest BCUT2D eigenvalue weighted by molar-refractivity contribution is -0.126. The number of methoxy groups -OCH3 is 1. The highest BCUT2D eigenvalue weighted by Crippen LogP contribution is 2.29. The highest BCUT2D eigenvalue weighted by atomic mass is 35.5. The molecule has 9 nitrogen and oxygen atoms in total. The predicted octanol–water partition coefficient (Wildman–Crippen LogP) is 4.54. The van der Waals surface area contributed by atoms with E-state index in [1.165, 1.54) is 20.0 Å². The summed E-state index contributed by atoms with van der Waals surface area (Å²) < 4.78 is 3.86. The number of halogens is 1. The molecule has 1 fully saturated rings. The lowest BCUT2D eigenvalue weighted by Crippen LogP contribution is -2.40. The second kappa shape index (κ2) is 23.2. The zero-order chi connectivity index (χ0) is 31.8. The Balaban J connectivity index is 0.000000642. The largest absolute Gasteiger partial charge is 0.471 e. The zero-order valence-electron chi connectivity index (χ0n) is 25.5. The van der Waals surface area contributed by atoms with Crippen LogP contribution in [0.3, 0.4) is 0 Å². The van der Waals surface area contributed by atoms with Gasteiger partial charge >= 0.3 is 0 Å². The number of carbonyl (C=O) groups is 4. The molecule has 234 valence electrons. The summed E-state index contributed by atoms with van der Waals surface area (Å²) in [6.45, 7) is 9.28. The number of aliphatic hydroxyl groups is 1. The van der Waals surface area contributed by atoms with Crippen LogP contribution in [0.2, 0.25) is 5.02 Å². The van der Waals surface area contributed by atoms with Crippen LogP contribution < -0.4 is 16.0 Å². The summed E-state index contributed by atoms with van der Waals surface area (Å²) in [5, 5.41) is 19.3. The van der Waals surface area contributed by atoms with Gasteiger partial charge in [0.2, 0.25) is 18.2 Å². The van der Waals surface area contributed by atoms with Gasteiger partial charge in [0.1, 0.15) is 0 Å². The van der Waals surface area contributed by atoms with Gasteiger partial charge in [-0.2, -0.15) is 0 Å². The molecule has 3 amide bonds. The number of rotatable bonds is 12. The van der Waals surface area contributed by atoms with Crippen molar-refractivity contribution in [2.45, 2.75) is 77.9 Å². The summed E-state index contributed by atoms with van der Waals surface area (Å²) in [5.74, 6) is -0.181. The third-order valence-electron chi connectivity index (χ3n) is 6.43. The molecule has 3 atom stereocenters. The Morgan fingerprint density at radius 3 is 2.26 bits per heavy atom. The molecule has 3 unspecified atom stereocenters. The first-order chi connectivity index (χ1) is 20.1. The number of unbranched alkanes of at least 4 members (excludes halogenated alkanes) is 1. The van der Waals surface area contributed by atoms with Crippen molar-refractivity contribution in [3.63, 3.8) is 0 Å². The van der Waals surface area contributed by atoms with Gasteiger partial charge in [-0.15, -0.1) is 0 Å². The van der Waals surface area contributed by atoms with Crippen LogP contribution in [0.1, 0.15) is 70.9 Å². The maximum atomic E-state index is 11.3. The summed E-state index contributed by atoms with van der Waals surface area (Å²) in [6.07, 6.45) is 5.83. The maximum Gasteiger partial charge on any atom is 0.292 e. The Hall–Kier alpha value is -3.43. The first-order valence-corrected chi connectivity index (χ1v) is 14.7. The van der Waals surface area contributed by atoms with E-state index in [9.17, 15) is 19.5 Å². The van der Waals surface area contributed by atoms with Crippen molar-refractivity contribution < 1.29 is 29.0 Å². The molecule has 10 heteroatoms. The van der Waals surface area contributed by atoms with Crippen LogP contribution in [-0.4, -0.2) is 56.0 Å². The number of amides is 3. The normalized spacial score (nSPS) is 15.3. The molecular weight excluding hydrogens is 558 g/mol. The second-order valence-electron chi connectivity index (χ2n) is 9.87. The minimum atomic E-state index is -0.827. The molecule has 4 N–H and O–H groups in total. The van der Waals surface area contributed by atoms with E-state index >= 15 is 0 Å². The summed E-state index contributed by atoms with van der Waals surface area (Å²) >= 11 is 5.98. The van der Waals surface area contributed by atoms with Crippen molar-refractivity contribution >= 4 is 36.3 Å². The molecular formula is C32H48ClN3O6. The van der Waals surface area contributed by atoms with Gasteiger partial charge < -0.3 is 25.8 Å². The monoisotopic (exact) mass is 605 g/mol. The van der Waals surface area contributed by atoms with Crippen molar-refractivity contribution in [3.8, 4) is 0 Å². The minimum Gasteiger partial charge on any atom is -0.471 e. The highest BCUT2D eigenvalue weighted by Gasteiger charge is 2.27. The van der Waals surface area contributed by atoms with Gasteiger partial charge in [0.25, 0.3) is 6.47 Å². The van der Waals surface area contributed by atoms with Crippen molar-refractivity contribution in [2.24, 2.45) is 5.92 Å². The number of hydrogen-bond donors (Lipinski definition) is 4. The average molecular weight is 606 g/mol. The molecule has 0 saturated carbocycles. The van der Waals surface area contributed by atoms with Crippen LogP contribution >= 0.6 is 11.6 Å². The summed E-state index contributed by atoms with van der Waals surface area (Å²) in [6, 6.07) is 17.4. The van der Waals surface area contributed by atoms with E-state index in [1.54, 1.807) is 0 Å². The van der Waals surface area contributed by atoms with E-state index in [1.807, 2.05) is 68.4 Å². The highest BCUT2D eigenvalue weighted by molar-refractivity contribution is 6.30. The van der Waals surface area contributed by atoms with E-state index in [2.05, 4.69) is 34.5 Å². The van der Waals surface area contributed by atoms with Gasteiger partial charge in [0.15, 0.2) is 0 Å². The van der Waals surface area contributed by atoms with E-state index in [4.69, 9.17) is 16.4 Å². The molecule has 1 saturated heterocycles. The van der Waals surface area contributed by atoms with Crippen molar-refractivity contribution in [1.29, 1.82) is 0 Å². The molecule has 1 aliphatic heterocycles. The lowest BCUT2D eigenvalue weighted by Gasteiger charge is -2.27. The Labute approximate surface area is 255 Å². The topological polar surface area (TPSA) is 134 Å². The fourth-order valence-electron chi connectivity index (χ4n) is 3.98. The molecule has 0 aliphatic carbocycles. The standard InChI is InChI=1S/C16H17ClO.C10H17N3O3.C4H10.C2H4O2/c1-2-16(18,14-8-4-3-5-9-14)12-13-7-6-10-15(17)11-13;1-7(13-9(15)5-11-6-14)4-8-2-3-12-10(8)16;1-3-4-2;1-4-2-3/h3-11,18H,2,12H2,1H3;6-8H,2-5H2,1H3,(H,11,14)(H,12,16)(H,13,15);3-4H2,1-2H3;2H,1H3. The van der Waals surface area contributed by atoms with Gasteiger partial charge in [0.05, 0.1) is 19.3 Å². The van der Waals surface area contributed by atoms with E-state index in [0.29, 0.717) is 37.2 Å². The number of hydrogen-bond acceptors (Lipinski definition) is 6. The minimum absolute atomic E-state index is 0.00525. The fourth-order valence-corrected chi connectivity index (χ4v) is 4.19. The number of nitrogens with one attached hydrogen (secondary N) is 3. The molecule has 0 radical (unpaired) electrons. The smallest absolute Gasteiger partial charge is 0.292 e. The van der Waals surface area contributed by atoms with Crippen molar-refractivity contribution in [2.75, 3.05) is 20.2 Å². The van der Waals surface area contributed by atoms with E-state index in [-0.39, 0.29) is 30.3 Å². The third kappa shape index (κ3) is 16.7.